The molecule has 1 aliphatic heterocycles. The van der Waals surface area contributed by atoms with E-state index in [-0.39, 0.29) is 35.6 Å². The second-order valence-electron chi connectivity index (χ2n) is 6.49. The maximum Gasteiger partial charge on any atom is 0.240 e. The van der Waals surface area contributed by atoms with E-state index in [1.54, 1.807) is 17.4 Å². The van der Waals surface area contributed by atoms with Crippen LogP contribution in [0.1, 0.15) is 47.5 Å². The average Bonchev–Trinajstić information content (AvgIpc) is 3.32. The van der Waals surface area contributed by atoms with E-state index in [0.717, 1.165) is 12.8 Å². The smallest absolute Gasteiger partial charge is 0.240 e. The summed E-state index contributed by atoms with van der Waals surface area (Å²) in [6.07, 6.45) is 2.00. The number of hydrogen-bond acceptors (Lipinski definition) is 5. The molecule has 1 N–H and O–H groups in total. The Morgan fingerprint density at radius 2 is 2.07 bits per heavy atom. The predicted octanol–water partition coefficient (Wildman–Crippen LogP) is 2.98. The molecule has 1 aliphatic rings. The van der Waals surface area contributed by atoms with Crippen LogP contribution < -0.4 is 4.72 Å². The Bertz CT molecular complexity index is 923. The molecule has 0 saturated carbocycles. The number of nitrogens with one attached hydrogen (secondary N) is 1. The molecular formula is C19H22N2O4S2. The molecular weight excluding hydrogens is 384 g/mol. The highest BCUT2D eigenvalue weighted by Crippen LogP contribution is 2.34. The maximum absolute atomic E-state index is 12.6. The summed E-state index contributed by atoms with van der Waals surface area (Å²) in [6, 6.07) is 10.00. The Kier molecular flexibility index (Phi) is 6.08. The van der Waals surface area contributed by atoms with Crippen LogP contribution in [0, 0.1) is 0 Å². The van der Waals surface area contributed by atoms with Gasteiger partial charge in [0, 0.05) is 30.0 Å². The first kappa shape index (κ1) is 19.7. The predicted molar refractivity (Wildman–Crippen MR) is 104 cm³/mol. The van der Waals surface area contributed by atoms with Crippen LogP contribution in [-0.4, -0.2) is 38.1 Å². The molecule has 3 rings (SSSR count). The monoisotopic (exact) mass is 406 g/mol. The summed E-state index contributed by atoms with van der Waals surface area (Å²) in [6.45, 7) is 2.12. The fourth-order valence-electron chi connectivity index (χ4n) is 3.24. The normalized spacial score (nSPS) is 17.2. The Balaban J connectivity index is 1.59. The van der Waals surface area contributed by atoms with Gasteiger partial charge in [0.05, 0.1) is 10.9 Å². The molecule has 1 atom stereocenters. The van der Waals surface area contributed by atoms with E-state index in [1.165, 1.54) is 30.0 Å². The summed E-state index contributed by atoms with van der Waals surface area (Å²) in [5.74, 6) is -0.248. The number of amides is 1. The minimum Gasteiger partial charge on any atom is -0.335 e. The highest BCUT2D eigenvalue weighted by atomic mass is 32.2. The Morgan fingerprint density at radius 3 is 2.78 bits per heavy atom. The molecule has 1 saturated heterocycles. The highest BCUT2D eigenvalue weighted by molar-refractivity contribution is 7.89. The molecule has 1 aromatic heterocycles. The number of carbonyl (C=O) groups excluding carboxylic acids is 2. The van der Waals surface area contributed by atoms with Gasteiger partial charge in [0.2, 0.25) is 15.9 Å². The Morgan fingerprint density at radius 1 is 1.26 bits per heavy atom. The van der Waals surface area contributed by atoms with E-state index in [0.29, 0.717) is 12.1 Å². The fourth-order valence-corrected chi connectivity index (χ4v) is 5.19. The zero-order valence-corrected chi connectivity index (χ0v) is 16.7. The molecule has 27 heavy (non-hydrogen) atoms. The number of nitrogens with zero attached hydrogens (tertiary/aromatic N) is 1. The molecule has 6 nitrogen and oxygen atoms in total. The molecule has 0 radical (unpaired) electrons. The Hall–Kier alpha value is -2.03. The van der Waals surface area contributed by atoms with Crippen LogP contribution in [-0.2, 0) is 14.8 Å². The van der Waals surface area contributed by atoms with Crippen LogP contribution in [0.2, 0.25) is 0 Å². The van der Waals surface area contributed by atoms with E-state index in [9.17, 15) is 18.0 Å². The summed E-state index contributed by atoms with van der Waals surface area (Å²) in [5.41, 5.74) is 0.338. The van der Waals surface area contributed by atoms with Crippen molar-refractivity contribution in [1.29, 1.82) is 0 Å². The van der Waals surface area contributed by atoms with Crippen LogP contribution in [0.3, 0.4) is 0 Å². The van der Waals surface area contributed by atoms with Crippen molar-refractivity contribution >= 4 is 33.1 Å². The number of likely N-dealkylation sites (tertiary alicyclic amines) is 1. The third-order valence-electron chi connectivity index (χ3n) is 4.63. The summed E-state index contributed by atoms with van der Waals surface area (Å²) >= 11 is 1.64. The van der Waals surface area contributed by atoms with Crippen LogP contribution in [0.4, 0.5) is 0 Å². The first-order chi connectivity index (χ1) is 12.9. The molecule has 0 aliphatic carbocycles. The van der Waals surface area contributed by atoms with E-state index < -0.39 is 10.0 Å². The summed E-state index contributed by atoms with van der Waals surface area (Å²) < 4.78 is 27.3. The second kappa shape index (κ2) is 8.33. The number of carbonyl (C=O) groups is 2. The van der Waals surface area contributed by atoms with Crippen LogP contribution in [0.5, 0.6) is 0 Å². The first-order valence-electron chi connectivity index (χ1n) is 8.82. The van der Waals surface area contributed by atoms with Gasteiger partial charge in [0.1, 0.15) is 0 Å². The molecule has 1 aromatic carbocycles. The van der Waals surface area contributed by atoms with Gasteiger partial charge >= 0.3 is 0 Å². The topological polar surface area (TPSA) is 83.5 Å². The van der Waals surface area contributed by atoms with Gasteiger partial charge in [-0.1, -0.05) is 18.2 Å². The quantitative estimate of drug-likeness (QED) is 0.717. The van der Waals surface area contributed by atoms with Crippen molar-refractivity contribution in [3.05, 3.63) is 52.2 Å². The van der Waals surface area contributed by atoms with Gasteiger partial charge < -0.3 is 4.90 Å². The fraction of sp³-hybridized carbons (Fsp3) is 0.368. The van der Waals surface area contributed by atoms with E-state index in [2.05, 4.69) is 4.72 Å². The van der Waals surface area contributed by atoms with Crippen molar-refractivity contribution in [2.45, 2.75) is 37.1 Å². The van der Waals surface area contributed by atoms with E-state index in [4.69, 9.17) is 0 Å². The molecule has 0 bridgehead atoms. The first-order valence-corrected chi connectivity index (χ1v) is 11.2. The number of Topliss-reactive ketones (excluding diaryl/α,β-unsaturated/α-hetero) is 1. The number of ketones is 1. The number of thiophene rings is 1. The van der Waals surface area contributed by atoms with Crippen molar-refractivity contribution in [3.63, 3.8) is 0 Å². The average molecular weight is 407 g/mol. The van der Waals surface area contributed by atoms with Gasteiger partial charge in [0.15, 0.2) is 5.78 Å². The highest BCUT2D eigenvalue weighted by Gasteiger charge is 2.30. The van der Waals surface area contributed by atoms with Crippen molar-refractivity contribution in [3.8, 4) is 0 Å². The van der Waals surface area contributed by atoms with Gasteiger partial charge in [-0.15, -0.1) is 11.3 Å². The molecule has 144 valence electrons. The molecule has 2 heterocycles. The number of sulfonamides is 1. The van der Waals surface area contributed by atoms with Crippen LogP contribution >= 0.6 is 11.3 Å². The Labute approximate surface area is 163 Å². The van der Waals surface area contributed by atoms with Crippen molar-refractivity contribution < 1.29 is 18.0 Å². The van der Waals surface area contributed by atoms with Crippen molar-refractivity contribution in [2.75, 3.05) is 13.1 Å². The molecule has 2 aromatic rings. The third-order valence-corrected chi connectivity index (χ3v) is 7.06. The van der Waals surface area contributed by atoms with Gasteiger partial charge in [-0.3, -0.25) is 9.59 Å². The van der Waals surface area contributed by atoms with Crippen molar-refractivity contribution in [2.24, 2.45) is 0 Å². The van der Waals surface area contributed by atoms with Gasteiger partial charge in [-0.05, 0) is 43.3 Å². The lowest BCUT2D eigenvalue weighted by molar-refractivity contribution is -0.131. The maximum atomic E-state index is 12.6. The van der Waals surface area contributed by atoms with Crippen LogP contribution in [0.25, 0.3) is 0 Å². The summed E-state index contributed by atoms with van der Waals surface area (Å²) in [4.78, 5) is 27.0. The second-order valence-corrected chi connectivity index (χ2v) is 9.24. The third kappa shape index (κ3) is 4.63. The number of benzene rings is 1. The van der Waals surface area contributed by atoms with Gasteiger partial charge in [-0.2, -0.15) is 0 Å². The lowest BCUT2D eigenvalue weighted by atomic mass is 10.2. The standard InChI is InChI=1S/C19H22N2O4S2/c1-14(22)15-5-2-6-16(13-15)27(24,25)20-10-9-19(23)21-11-3-7-17(21)18-8-4-12-26-18/h2,4-6,8,12-13,17,20H,3,7,9-11H2,1H3. The lowest BCUT2D eigenvalue weighted by Gasteiger charge is -2.24. The van der Waals surface area contributed by atoms with Gasteiger partial charge in [-0.25, -0.2) is 13.1 Å². The molecule has 1 unspecified atom stereocenters. The minimum atomic E-state index is -3.76. The molecule has 0 spiro atoms. The largest absolute Gasteiger partial charge is 0.335 e. The molecule has 1 amide bonds. The summed E-state index contributed by atoms with van der Waals surface area (Å²) in [7, 11) is -3.76. The minimum absolute atomic E-state index is 0.0269. The van der Waals surface area contributed by atoms with E-state index >= 15 is 0 Å². The van der Waals surface area contributed by atoms with Crippen LogP contribution in [0.15, 0.2) is 46.7 Å². The summed E-state index contributed by atoms with van der Waals surface area (Å²) in [5, 5.41) is 2.00. The zero-order valence-electron chi connectivity index (χ0n) is 15.1. The SMILES string of the molecule is CC(=O)c1cccc(S(=O)(=O)NCCC(=O)N2CCCC2c2cccs2)c1. The number of hydrogen-bond donors (Lipinski definition) is 1. The van der Waals surface area contributed by atoms with E-state index in [1.807, 2.05) is 22.4 Å². The molecule has 8 heteroatoms. The molecule has 1 fully saturated rings. The lowest BCUT2D eigenvalue weighted by Crippen LogP contribution is -2.34. The number of rotatable bonds is 7. The van der Waals surface area contributed by atoms with Gasteiger partial charge in [0.25, 0.3) is 0 Å². The zero-order chi connectivity index (χ0) is 19.4. The van der Waals surface area contributed by atoms with Crippen molar-refractivity contribution in [1.82, 2.24) is 9.62 Å².